The minimum atomic E-state index is -0.373. The zero-order valence-corrected chi connectivity index (χ0v) is 12.2. The molecule has 2 unspecified atom stereocenters. The van der Waals surface area contributed by atoms with Gasteiger partial charge in [0.1, 0.15) is 0 Å². The molecule has 2 rings (SSSR count). The molecule has 1 aliphatic heterocycles. The molecule has 110 valence electrons. The molecule has 20 heavy (non-hydrogen) atoms. The number of rotatable bonds is 4. The second-order valence-electron chi connectivity index (χ2n) is 5.29. The summed E-state index contributed by atoms with van der Waals surface area (Å²) in [6, 6.07) is 4.65. The number of nitrogens with zero attached hydrogens (tertiary/aromatic N) is 2. The van der Waals surface area contributed by atoms with Crippen LogP contribution < -0.4 is 0 Å². The van der Waals surface area contributed by atoms with E-state index in [9.17, 15) is 15.2 Å². The molecule has 0 amide bonds. The molecule has 0 bridgehead atoms. The first-order valence-electron chi connectivity index (χ1n) is 6.84. The third-order valence-electron chi connectivity index (χ3n) is 3.93. The van der Waals surface area contributed by atoms with E-state index < -0.39 is 0 Å². The first kappa shape index (κ1) is 15.2. The number of hydrogen-bond donors (Lipinski definition) is 1. The van der Waals surface area contributed by atoms with Crippen molar-refractivity contribution in [3.63, 3.8) is 0 Å². The number of nitro benzene ring substituents is 1. The van der Waals surface area contributed by atoms with E-state index in [0.29, 0.717) is 23.6 Å². The van der Waals surface area contributed by atoms with Crippen LogP contribution >= 0.6 is 11.6 Å². The first-order valence-corrected chi connectivity index (χ1v) is 7.22. The Labute approximate surface area is 123 Å². The molecule has 1 aliphatic rings. The fourth-order valence-electron chi connectivity index (χ4n) is 2.74. The molecule has 2 atom stereocenters. The van der Waals surface area contributed by atoms with Crippen molar-refractivity contribution in [2.45, 2.75) is 32.4 Å². The van der Waals surface area contributed by atoms with E-state index in [4.69, 9.17) is 11.6 Å². The number of likely N-dealkylation sites (tertiary alicyclic amines) is 1. The largest absolute Gasteiger partial charge is 0.393 e. The highest BCUT2D eigenvalue weighted by Gasteiger charge is 2.27. The molecule has 0 aromatic heterocycles. The SMILES string of the molecule is CCC1CN(Cc2cc(Cl)ccc2[N+](=O)[O-])CCC1O. The van der Waals surface area contributed by atoms with Crippen LogP contribution in [0.3, 0.4) is 0 Å². The smallest absolute Gasteiger partial charge is 0.273 e. The summed E-state index contributed by atoms with van der Waals surface area (Å²) in [5, 5.41) is 21.4. The molecule has 1 N–H and O–H groups in total. The summed E-state index contributed by atoms with van der Waals surface area (Å²) in [5.41, 5.74) is 0.738. The van der Waals surface area contributed by atoms with Crippen LogP contribution in [0, 0.1) is 16.0 Å². The lowest BCUT2D eigenvalue weighted by Gasteiger charge is -2.35. The quantitative estimate of drug-likeness (QED) is 0.685. The molecule has 0 radical (unpaired) electrons. The maximum absolute atomic E-state index is 11.1. The van der Waals surface area contributed by atoms with Gasteiger partial charge in [-0.15, -0.1) is 0 Å². The zero-order valence-electron chi connectivity index (χ0n) is 11.5. The monoisotopic (exact) mass is 298 g/mol. The van der Waals surface area contributed by atoms with Crippen molar-refractivity contribution in [1.29, 1.82) is 0 Å². The molecule has 0 spiro atoms. The lowest BCUT2D eigenvalue weighted by molar-refractivity contribution is -0.385. The summed E-state index contributed by atoms with van der Waals surface area (Å²) in [5.74, 6) is 0.238. The van der Waals surface area contributed by atoms with Gasteiger partial charge in [0, 0.05) is 36.3 Å². The van der Waals surface area contributed by atoms with Crippen LogP contribution in [0.2, 0.25) is 5.02 Å². The molecule has 1 aromatic carbocycles. The van der Waals surface area contributed by atoms with Crippen LogP contribution in [-0.2, 0) is 6.54 Å². The van der Waals surface area contributed by atoms with E-state index in [-0.39, 0.29) is 22.6 Å². The van der Waals surface area contributed by atoms with Gasteiger partial charge in [0.2, 0.25) is 0 Å². The minimum Gasteiger partial charge on any atom is -0.393 e. The van der Waals surface area contributed by atoms with E-state index in [1.807, 2.05) is 0 Å². The van der Waals surface area contributed by atoms with Crippen LogP contribution in [0.4, 0.5) is 5.69 Å². The van der Waals surface area contributed by atoms with Gasteiger partial charge in [-0.2, -0.15) is 0 Å². The number of piperidine rings is 1. The predicted octanol–water partition coefficient (Wildman–Crippen LogP) is 2.84. The molecule has 1 saturated heterocycles. The van der Waals surface area contributed by atoms with Gasteiger partial charge in [-0.3, -0.25) is 15.0 Å². The van der Waals surface area contributed by atoms with Crippen LogP contribution in [-0.4, -0.2) is 34.1 Å². The lowest BCUT2D eigenvalue weighted by Crippen LogP contribution is -2.42. The van der Waals surface area contributed by atoms with Crippen LogP contribution in [0.1, 0.15) is 25.3 Å². The molecular formula is C14H19ClN2O3. The Balaban J connectivity index is 2.13. The number of hydrogen-bond acceptors (Lipinski definition) is 4. The van der Waals surface area contributed by atoms with Crippen LogP contribution in [0.25, 0.3) is 0 Å². The molecule has 1 heterocycles. The minimum absolute atomic E-state index is 0.105. The lowest BCUT2D eigenvalue weighted by atomic mass is 9.92. The molecule has 1 aromatic rings. The Hall–Kier alpha value is -1.17. The van der Waals surface area contributed by atoms with Crippen molar-refractivity contribution < 1.29 is 10.0 Å². The van der Waals surface area contributed by atoms with Crippen LogP contribution in [0.5, 0.6) is 0 Å². The maximum atomic E-state index is 11.1. The third-order valence-corrected chi connectivity index (χ3v) is 4.17. The molecule has 0 aliphatic carbocycles. The van der Waals surface area contributed by atoms with E-state index in [2.05, 4.69) is 11.8 Å². The van der Waals surface area contributed by atoms with E-state index in [0.717, 1.165) is 19.5 Å². The van der Waals surface area contributed by atoms with Gasteiger partial charge < -0.3 is 5.11 Å². The van der Waals surface area contributed by atoms with Gasteiger partial charge in [0.05, 0.1) is 11.0 Å². The summed E-state index contributed by atoms with van der Waals surface area (Å²) in [6.07, 6.45) is 1.37. The standard InChI is InChI=1S/C14H19ClN2O3/c1-2-10-8-16(6-5-14(10)18)9-11-7-12(15)3-4-13(11)17(19)20/h3-4,7,10,14,18H,2,5-6,8-9H2,1H3. The average Bonchev–Trinajstić information content (AvgIpc) is 2.40. The van der Waals surface area contributed by atoms with Gasteiger partial charge in [-0.1, -0.05) is 18.5 Å². The summed E-state index contributed by atoms with van der Waals surface area (Å²) in [4.78, 5) is 12.8. The number of benzene rings is 1. The molecule has 0 saturated carbocycles. The van der Waals surface area contributed by atoms with Crippen molar-refractivity contribution in [3.05, 3.63) is 38.9 Å². The Morgan fingerprint density at radius 3 is 2.95 bits per heavy atom. The molecule has 1 fully saturated rings. The first-order chi connectivity index (χ1) is 9.51. The second-order valence-corrected chi connectivity index (χ2v) is 5.73. The fraction of sp³-hybridized carbons (Fsp3) is 0.571. The zero-order chi connectivity index (χ0) is 14.7. The maximum Gasteiger partial charge on any atom is 0.273 e. The number of aliphatic hydroxyl groups excluding tert-OH is 1. The molecule has 6 heteroatoms. The van der Waals surface area contributed by atoms with Crippen molar-refractivity contribution in [2.24, 2.45) is 5.92 Å². The normalized spacial score (nSPS) is 23.8. The van der Waals surface area contributed by atoms with Gasteiger partial charge in [-0.25, -0.2) is 0 Å². The van der Waals surface area contributed by atoms with E-state index in [1.54, 1.807) is 6.07 Å². The third kappa shape index (κ3) is 3.48. The highest BCUT2D eigenvalue weighted by molar-refractivity contribution is 6.30. The van der Waals surface area contributed by atoms with Gasteiger partial charge in [0.25, 0.3) is 5.69 Å². The Morgan fingerprint density at radius 2 is 2.30 bits per heavy atom. The van der Waals surface area contributed by atoms with Crippen molar-refractivity contribution in [2.75, 3.05) is 13.1 Å². The highest BCUT2D eigenvalue weighted by atomic mass is 35.5. The topological polar surface area (TPSA) is 66.6 Å². The van der Waals surface area contributed by atoms with Crippen molar-refractivity contribution >= 4 is 17.3 Å². The van der Waals surface area contributed by atoms with Gasteiger partial charge in [0.15, 0.2) is 0 Å². The van der Waals surface area contributed by atoms with Crippen LogP contribution in [0.15, 0.2) is 18.2 Å². The summed E-state index contributed by atoms with van der Waals surface area (Å²) in [7, 11) is 0. The number of aliphatic hydroxyl groups is 1. The Morgan fingerprint density at radius 1 is 1.55 bits per heavy atom. The van der Waals surface area contributed by atoms with Gasteiger partial charge >= 0.3 is 0 Å². The van der Waals surface area contributed by atoms with E-state index >= 15 is 0 Å². The Bertz CT molecular complexity index is 495. The van der Waals surface area contributed by atoms with Crippen molar-refractivity contribution in [1.82, 2.24) is 4.90 Å². The van der Waals surface area contributed by atoms with E-state index in [1.165, 1.54) is 12.1 Å². The van der Waals surface area contributed by atoms with Gasteiger partial charge in [-0.05, 0) is 30.9 Å². The summed E-state index contributed by atoms with van der Waals surface area (Å²) >= 11 is 5.94. The fourth-order valence-corrected chi connectivity index (χ4v) is 2.93. The Kier molecular flexibility index (Phi) is 4.96. The average molecular weight is 299 g/mol. The highest BCUT2D eigenvalue weighted by Crippen LogP contribution is 2.27. The number of nitro groups is 1. The second kappa shape index (κ2) is 6.52. The molecule has 5 nitrogen and oxygen atoms in total. The predicted molar refractivity (Wildman–Crippen MR) is 77.8 cm³/mol. The van der Waals surface area contributed by atoms with Crippen molar-refractivity contribution in [3.8, 4) is 0 Å². The molecular weight excluding hydrogens is 280 g/mol. The number of halogens is 1. The summed E-state index contributed by atoms with van der Waals surface area (Å²) < 4.78 is 0. The summed E-state index contributed by atoms with van der Waals surface area (Å²) in [6.45, 7) is 4.07.